The van der Waals surface area contributed by atoms with Gasteiger partial charge in [-0.05, 0) is 30.7 Å². The SMILES string of the molecule is C/C(C=O)=C(\Cl)c1ccc2c(c1)OCO2. The number of hydrogen-bond donors (Lipinski definition) is 0. The number of carbonyl (C=O) groups is 1. The average molecular weight is 225 g/mol. The van der Waals surface area contributed by atoms with Crippen LogP contribution in [0.5, 0.6) is 11.5 Å². The van der Waals surface area contributed by atoms with Gasteiger partial charge in [0.2, 0.25) is 6.79 Å². The number of allylic oxidation sites excluding steroid dienone is 1. The van der Waals surface area contributed by atoms with Crippen LogP contribution in [0.1, 0.15) is 12.5 Å². The lowest BCUT2D eigenvalue weighted by Gasteiger charge is -2.02. The molecule has 1 aliphatic rings. The highest BCUT2D eigenvalue weighted by Gasteiger charge is 2.14. The zero-order valence-electron chi connectivity index (χ0n) is 8.12. The normalized spacial score (nSPS) is 14.8. The van der Waals surface area contributed by atoms with Crippen molar-refractivity contribution in [3.63, 3.8) is 0 Å². The van der Waals surface area contributed by atoms with Gasteiger partial charge in [0.25, 0.3) is 0 Å². The second kappa shape index (κ2) is 3.95. The third-order valence-electron chi connectivity index (χ3n) is 2.15. The van der Waals surface area contributed by atoms with Crippen LogP contribution in [0.3, 0.4) is 0 Å². The Balaban J connectivity index is 2.43. The van der Waals surface area contributed by atoms with Crippen molar-refractivity contribution in [2.24, 2.45) is 0 Å². The maximum absolute atomic E-state index is 10.6. The van der Waals surface area contributed by atoms with Gasteiger partial charge in [0.05, 0.1) is 5.03 Å². The summed E-state index contributed by atoms with van der Waals surface area (Å²) in [7, 11) is 0. The van der Waals surface area contributed by atoms with Crippen molar-refractivity contribution >= 4 is 22.9 Å². The molecule has 0 spiro atoms. The summed E-state index contributed by atoms with van der Waals surface area (Å²) in [6, 6.07) is 5.33. The van der Waals surface area contributed by atoms with E-state index in [-0.39, 0.29) is 6.79 Å². The third-order valence-corrected chi connectivity index (χ3v) is 2.67. The molecule has 1 aromatic carbocycles. The van der Waals surface area contributed by atoms with E-state index in [1.807, 2.05) is 0 Å². The molecule has 0 radical (unpaired) electrons. The summed E-state index contributed by atoms with van der Waals surface area (Å²) in [5.41, 5.74) is 1.25. The Morgan fingerprint density at radius 3 is 2.87 bits per heavy atom. The summed E-state index contributed by atoms with van der Waals surface area (Å²) in [4.78, 5) is 10.6. The molecule has 4 heteroatoms. The number of ether oxygens (including phenoxy) is 2. The van der Waals surface area contributed by atoms with E-state index in [0.29, 0.717) is 22.1 Å². The van der Waals surface area contributed by atoms with E-state index in [2.05, 4.69) is 0 Å². The van der Waals surface area contributed by atoms with Crippen LogP contribution < -0.4 is 9.47 Å². The fourth-order valence-corrected chi connectivity index (χ4v) is 1.47. The van der Waals surface area contributed by atoms with Gasteiger partial charge in [0.15, 0.2) is 11.5 Å². The average Bonchev–Trinajstić information content (AvgIpc) is 2.73. The van der Waals surface area contributed by atoms with Crippen molar-refractivity contribution in [3.05, 3.63) is 29.3 Å². The van der Waals surface area contributed by atoms with Gasteiger partial charge in [0.1, 0.15) is 6.29 Å². The molecule has 0 saturated heterocycles. The van der Waals surface area contributed by atoms with Crippen molar-refractivity contribution in [2.45, 2.75) is 6.92 Å². The number of benzene rings is 1. The molecule has 0 aromatic heterocycles. The zero-order chi connectivity index (χ0) is 10.8. The van der Waals surface area contributed by atoms with E-state index in [1.54, 1.807) is 25.1 Å². The Labute approximate surface area is 92.3 Å². The smallest absolute Gasteiger partial charge is 0.231 e. The van der Waals surface area contributed by atoms with Gasteiger partial charge in [-0.2, -0.15) is 0 Å². The summed E-state index contributed by atoms with van der Waals surface area (Å²) in [6.45, 7) is 1.90. The molecule has 0 amide bonds. The Kier molecular flexibility index (Phi) is 2.64. The molecule has 0 fully saturated rings. The van der Waals surface area contributed by atoms with Gasteiger partial charge in [-0.1, -0.05) is 11.6 Å². The molecule has 0 atom stereocenters. The van der Waals surface area contributed by atoms with Gasteiger partial charge in [-0.25, -0.2) is 0 Å². The summed E-state index contributed by atoms with van der Waals surface area (Å²) >= 11 is 6.01. The summed E-state index contributed by atoms with van der Waals surface area (Å²) in [6.07, 6.45) is 0.729. The van der Waals surface area contributed by atoms with E-state index in [4.69, 9.17) is 21.1 Å². The quantitative estimate of drug-likeness (QED) is 0.572. The zero-order valence-corrected chi connectivity index (χ0v) is 8.88. The van der Waals surface area contributed by atoms with Crippen LogP contribution in [0, 0.1) is 0 Å². The molecule has 78 valence electrons. The summed E-state index contributed by atoms with van der Waals surface area (Å²) in [5, 5.41) is 0.434. The molecule has 0 aliphatic carbocycles. The third kappa shape index (κ3) is 1.83. The standard InChI is InChI=1S/C11H9ClO3/c1-7(5-13)11(12)8-2-3-9-10(4-8)15-6-14-9/h2-5H,6H2,1H3/b11-7+. The van der Waals surface area contributed by atoms with Gasteiger partial charge >= 0.3 is 0 Å². The lowest BCUT2D eigenvalue weighted by atomic mass is 10.1. The Morgan fingerprint density at radius 1 is 1.40 bits per heavy atom. The summed E-state index contributed by atoms with van der Waals surface area (Å²) in [5.74, 6) is 1.36. The molecule has 0 bridgehead atoms. The van der Waals surface area contributed by atoms with Crippen LogP contribution in [-0.2, 0) is 4.79 Å². The molecule has 2 rings (SSSR count). The largest absolute Gasteiger partial charge is 0.454 e. The van der Waals surface area contributed by atoms with E-state index >= 15 is 0 Å². The van der Waals surface area contributed by atoms with Gasteiger partial charge < -0.3 is 9.47 Å². The number of rotatable bonds is 2. The molecule has 0 unspecified atom stereocenters. The maximum atomic E-state index is 10.6. The molecule has 1 aromatic rings. The molecule has 15 heavy (non-hydrogen) atoms. The van der Waals surface area contributed by atoms with Crippen molar-refractivity contribution < 1.29 is 14.3 Å². The van der Waals surface area contributed by atoms with Crippen molar-refractivity contribution in [1.82, 2.24) is 0 Å². The lowest BCUT2D eigenvalue weighted by Crippen LogP contribution is -1.92. The molecule has 3 nitrogen and oxygen atoms in total. The van der Waals surface area contributed by atoms with Crippen LogP contribution in [-0.4, -0.2) is 13.1 Å². The van der Waals surface area contributed by atoms with Crippen LogP contribution in [0.25, 0.3) is 5.03 Å². The first-order chi connectivity index (χ1) is 7.22. The minimum absolute atomic E-state index is 0.229. The monoisotopic (exact) mass is 224 g/mol. The van der Waals surface area contributed by atoms with Gasteiger partial charge in [0, 0.05) is 5.57 Å². The van der Waals surface area contributed by atoms with Gasteiger partial charge in [-0.15, -0.1) is 0 Å². The van der Waals surface area contributed by atoms with E-state index < -0.39 is 0 Å². The number of carbonyl (C=O) groups excluding carboxylic acids is 1. The molecule has 0 saturated carbocycles. The first-order valence-corrected chi connectivity index (χ1v) is 4.81. The Morgan fingerprint density at radius 2 is 2.13 bits per heavy atom. The fourth-order valence-electron chi connectivity index (χ4n) is 1.31. The second-order valence-electron chi connectivity index (χ2n) is 3.18. The molecule has 1 heterocycles. The van der Waals surface area contributed by atoms with E-state index in [0.717, 1.165) is 11.8 Å². The topological polar surface area (TPSA) is 35.5 Å². The van der Waals surface area contributed by atoms with Crippen molar-refractivity contribution in [2.75, 3.05) is 6.79 Å². The second-order valence-corrected chi connectivity index (χ2v) is 3.56. The first-order valence-electron chi connectivity index (χ1n) is 4.44. The fraction of sp³-hybridized carbons (Fsp3) is 0.182. The van der Waals surface area contributed by atoms with Crippen molar-refractivity contribution in [1.29, 1.82) is 0 Å². The van der Waals surface area contributed by atoms with Crippen LogP contribution in [0.2, 0.25) is 0 Å². The highest BCUT2D eigenvalue weighted by atomic mass is 35.5. The molecular weight excluding hydrogens is 216 g/mol. The number of aldehydes is 1. The van der Waals surface area contributed by atoms with E-state index in [1.165, 1.54) is 0 Å². The predicted octanol–water partition coefficient (Wildman–Crippen LogP) is 2.58. The first kappa shape index (κ1) is 10.1. The lowest BCUT2D eigenvalue weighted by molar-refractivity contribution is -0.104. The molecular formula is C11H9ClO3. The number of halogens is 1. The van der Waals surface area contributed by atoms with E-state index in [9.17, 15) is 4.79 Å². The molecule has 0 N–H and O–H groups in total. The highest BCUT2D eigenvalue weighted by Crippen LogP contribution is 2.35. The van der Waals surface area contributed by atoms with Crippen LogP contribution in [0.15, 0.2) is 23.8 Å². The maximum Gasteiger partial charge on any atom is 0.231 e. The van der Waals surface area contributed by atoms with Gasteiger partial charge in [-0.3, -0.25) is 4.79 Å². The Bertz CT molecular complexity index is 437. The van der Waals surface area contributed by atoms with Crippen LogP contribution in [0.4, 0.5) is 0 Å². The summed E-state index contributed by atoms with van der Waals surface area (Å²) < 4.78 is 10.4. The minimum atomic E-state index is 0.229. The van der Waals surface area contributed by atoms with Crippen LogP contribution >= 0.6 is 11.6 Å². The number of hydrogen-bond acceptors (Lipinski definition) is 3. The Hall–Kier alpha value is -1.48. The highest BCUT2D eigenvalue weighted by molar-refractivity contribution is 6.50. The van der Waals surface area contributed by atoms with Crippen molar-refractivity contribution in [3.8, 4) is 11.5 Å². The predicted molar refractivity (Wildman–Crippen MR) is 57.1 cm³/mol. The minimum Gasteiger partial charge on any atom is -0.454 e. The number of fused-ring (bicyclic) bond motifs is 1. The molecule has 1 aliphatic heterocycles.